The normalized spacial score (nSPS) is 17.1. The van der Waals surface area contributed by atoms with Crippen LogP contribution < -0.4 is 0 Å². The second-order valence-corrected chi connectivity index (χ2v) is 9.23. The van der Waals surface area contributed by atoms with Crippen LogP contribution in [-0.2, 0) is 29.7 Å². The van der Waals surface area contributed by atoms with Crippen molar-refractivity contribution in [3.63, 3.8) is 0 Å². The van der Waals surface area contributed by atoms with Crippen molar-refractivity contribution in [2.75, 3.05) is 13.1 Å². The largest absolute Gasteiger partial charge is 0.434 e. The summed E-state index contributed by atoms with van der Waals surface area (Å²) in [7, 11) is -3.22. The molecule has 0 N–H and O–H groups in total. The molecular formula is C18H21F3N6O2S. The maximum absolute atomic E-state index is 13.4. The molecule has 30 heavy (non-hydrogen) atoms. The Labute approximate surface area is 171 Å². The third-order valence-electron chi connectivity index (χ3n) is 5.60. The molecular weight excluding hydrogens is 421 g/mol. The van der Waals surface area contributed by atoms with Crippen LogP contribution in [0.25, 0.3) is 5.65 Å². The van der Waals surface area contributed by atoms with Gasteiger partial charge < -0.3 is 0 Å². The van der Waals surface area contributed by atoms with Crippen molar-refractivity contribution < 1.29 is 21.6 Å². The SMILES string of the molecule is CCc1cc2ncnn2cc1C1CCN(S(=O)(=O)c2cnn(C)c2C(F)(F)F)CC1. The van der Waals surface area contributed by atoms with E-state index in [4.69, 9.17) is 0 Å². The van der Waals surface area contributed by atoms with Gasteiger partial charge in [0.1, 0.15) is 11.2 Å². The smallest absolute Gasteiger partial charge is 0.262 e. The van der Waals surface area contributed by atoms with Gasteiger partial charge >= 0.3 is 6.18 Å². The van der Waals surface area contributed by atoms with E-state index in [2.05, 4.69) is 15.2 Å². The topological polar surface area (TPSA) is 85.4 Å². The lowest BCUT2D eigenvalue weighted by Crippen LogP contribution is -2.38. The molecule has 4 heterocycles. The first-order valence-electron chi connectivity index (χ1n) is 9.54. The molecule has 0 saturated carbocycles. The summed E-state index contributed by atoms with van der Waals surface area (Å²) in [4.78, 5) is 3.39. The Balaban J connectivity index is 1.58. The number of fused-ring (bicyclic) bond motifs is 1. The molecule has 8 nitrogen and oxygen atoms in total. The van der Waals surface area contributed by atoms with Gasteiger partial charge in [-0.05, 0) is 42.4 Å². The summed E-state index contributed by atoms with van der Waals surface area (Å²) in [5.41, 5.74) is 1.68. The van der Waals surface area contributed by atoms with Gasteiger partial charge in [-0.1, -0.05) is 6.92 Å². The Bertz CT molecular complexity index is 1180. The average Bonchev–Trinajstić information content (AvgIpc) is 3.32. The monoisotopic (exact) mass is 442 g/mol. The van der Waals surface area contributed by atoms with Crippen LogP contribution in [0.15, 0.2) is 29.7 Å². The van der Waals surface area contributed by atoms with Gasteiger partial charge in [-0.25, -0.2) is 17.9 Å². The van der Waals surface area contributed by atoms with Gasteiger partial charge in [0, 0.05) is 26.3 Å². The number of alkyl halides is 3. The molecule has 162 valence electrons. The second kappa shape index (κ2) is 7.34. The van der Waals surface area contributed by atoms with Crippen LogP contribution in [0, 0.1) is 0 Å². The summed E-state index contributed by atoms with van der Waals surface area (Å²) in [5, 5.41) is 7.69. The zero-order valence-corrected chi connectivity index (χ0v) is 17.3. The van der Waals surface area contributed by atoms with Crippen molar-refractivity contribution in [3.05, 3.63) is 41.6 Å². The number of aryl methyl sites for hydroxylation is 2. The Hall–Kier alpha value is -2.47. The van der Waals surface area contributed by atoms with Crippen molar-refractivity contribution in [2.45, 2.75) is 43.2 Å². The van der Waals surface area contributed by atoms with Crippen LogP contribution >= 0.6 is 0 Å². The maximum Gasteiger partial charge on any atom is 0.434 e. The summed E-state index contributed by atoms with van der Waals surface area (Å²) in [6.07, 6.45) is 1.16. The van der Waals surface area contributed by atoms with Crippen LogP contribution in [0.1, 0.15) is 42.5 Å². The number of aromatic nitrogens is 5. The Morgan fingerprint density at radius 1 is 1.20 bits per heavy atom. The van der Waals surface area contributed by atoms with E-state index in [0.717, 1.165) is 40.7 Å². The van der Waals surface area contributed by atoms with Crippen molar-refractivity contribution in [2.24, 2.45) is 7.05 Å². The molecule has 3 aromatic heterocycles. The maximum atomic E-state index is 13.4. The highest BCUT2D eigenvalue weighted by Crippen LogP contribution is 2.37. The predicted octanol–water partition coefficient (Wildman–Crippen LogP) is 2.61. The standard InChI is InChI=1S/C18H21F3N6O2S/c1-3-12-8-16-22-11-24-27(16)10-14(12)13-4-6-26(7-5-13)30(28,29)15-9-23-25(2)17(15)18(19,20)21/h8-11,13H,3-7H2,1-2H3. The molecule has 4 rings (SSSR count). The van der Waals surface area contributed by atoms with Gasteiger partial charge in [-0.3, -0.25) is 4.68 Å². The molecule has 0 bridgehead atoms. The van der Waals surface area contributed by atoms with Crippen molar-refractivity contribution in [1.29, 1.82) is 0 Å². The molecule has 0 spiro atoms. The molecule has 0 amide bonds. The fourth-order valence-corrected chi connectivity index (χ4v) is 5.71. The lowest BCUT2D eigenvalue weighted by atomic mass is 9.87. The highest BCUT2D eigenvalue weighted by Gasteiger charge is 2.43. The molecule has 0 aromatic carbocycles. The molecule has 0 unspecified atom stereocenters. The van der Waals surface area contributed by atoms with E-state index < -0.39 is 26.8 Å². The van der Waals surface area contributed by atoms with Gasteiger partial charge in [0.2, 0.25) is 10.0 Å². The van der Waals surface area contributed by atoms with E-state index in [-0.39, 0.29) is 19.0 Å². The highest BCUT2D eigenvalue weighted by molar-refractivity contribution is 7.89. The summed E-state index contributed by atoms with van der Waals surface area (Å²) in [6, 6.07) is 1.97. The van der Waals surface area contributed by atoms with E-state index >= 15 is 0 Å². The molecule has 1 fully saturated rings. The number of piperidine rings is 1. The molecule has 1 aliphatic rings. The summed E-state index contributed by atoms with van der Waals surface area (Å²) < 4.78 is 69.3. The number of hydrogen-bond acceptors (Lipinski definition) is 5. The first-order chi connectivity index (χ1) is 14.1. The molecule has 1 saturated heterocycles. The zero-order valence-electron chi connectivity index (χ0n) is 16.5. The molecule has 0 atom stereocenters. The minimum atomic E-state index is -4.81. The van der Waals surface area contributed by atoms with Gasteiger partial charge in [-0.15, -0.1) is 0 Å². The van der Waals surface area contributed by atoms with Crippen molar-refractivity contribution >= 4 is 15.7 Å². The summed E-state index contributed by atoms with van der Waals surface area (Å²) in [6.45, 7) is 2.31. The fraction of sp³-hybridized carbons (Fsp3) is 0.500. The molecule has 12 heteroatoms. The van der Waals surface area contributed by atoms with Gasteiger partial charge in [0.25, 0.3) is 0 Å². The van der Waals surface area contributed by atoms with E-state index in [0.29, 0.717) is 17.5 Å². The Kier molecular flexibility index (Phi) is 5.09. The van der Waals surface area contributed by atoms with Crippen LogP contribution in [0.3, 0.4) is 0 Å². The van der Waals surface area contributed by atoms with E-state index in [1.807, 2.05) is 19.2 Å². The van der Waals surface area contributed by atoms with Crippen LogP contribution in [0.5, 0.6) is 0 Å². The van der Waals surface area contributed by atoms with Crippen LogP contribution in [0.2, 0.25) is 0 Å². The molecule has 3 aromatic rings. The third-order valence-corrected chi connectivity index (χ3v) is 7.50. The third kappa shape index (κ3) is 3.47. The summed E-state index contributed by atoms with van der Waals surface area (Å²) >= 11 is 0. The predicted molar refractivity (Wildman–Crippen MR) is 101 cm³/mol. The first kappa shape index (κ1) is 20.8. The average molecular weight is 442 g/mol. The van der Waals surface area contributed by atoms with Gasteiger partial charge in [0.15, 0.2) is 11.3 Å². The molecule has 1 aliphatic heterocycles. The van der Waals surface area contributed by atoms with E-state index in [1.54, 1.807) is 4.52 Å². The lowest BCUT2D eigenvalue weighted by Gasteiger charge is -2.32. The minimum absolute atomic E-state index is 0.0935. The number of pyridine rings is 1. The zero-order chi connectivity index (χ0) is 21.7. The molecule has 0 aliphatic carbocycles. The van der Waals surface area contributed by atoms with Gasteiger partial charge in [-0.2, -0.15) is 27.7 Å². The minimum Gasteiger partial charge on any atom is -0.262 e. The van der Waals surface area contributed by atoms with E-state index in [1.165, 1.54) is 6.33 Å². The first-order valence-corrected chi connectivity index (χ1v) is 11.0. The second-order valence-electron chi connectivity index (χ2n) is 7.33. The van der Waals surface area contributed by atoms with Crippen molar-refractivity contribution in [1.82, 2.24) is 28.7 Å². The number of rotatable bonds is 4. The van der Waals surface area contributed by atoms with Crippen molar-refractivity contribution in [3.8, 4) is 0 Å². The number of halogens is 3. The van der Waals surface area contributed by atoms with Crippen LogP contribution in [-0.4, -0.2) is 50.2 Å². The Morgan fingerprint density at radius 2 is 1.90 bits per heavy atom. The number of hydrogen-bond donors (Lipinski definition) is 0. The highest BCUT2D eigenvalue weighted by atomic mass is 32.2. The Morgan fingerprint density at radius 3 is 2.53 bits per heavy atom. The lowest BCUT2D eigenvalue weighted by molar-refractivity contribution is -0.146. The number of nitrogens with zero attached hydrogens (tertiary/aromatic N) is 6. The number of sulfonamides is 1. The summed E-state index contributed by atoms with van der Waals surface area (Å²) in [5.74, 6) is 0.0935. The molecule has 0 radical (unpaired) electrons. The fourth-order valence-electron chi connectivity index (χ4n) is 4.06. The quantitative estimate of drug-likeness (QED) is 0.620. The van der Waals surface area contributed by atoms with Gasteiger partial charge in [0.05, 0.1) is 6.20 Å². The van der Waals surface area contributed by atoms with E-state index in [9.17, 15) is 21.6 Å². The van der Waals surface area contributed by atoms with Crippen LogP contribution in [0.4, 0.5) is 13.2 Å².